The van der Waals surface area contributed by atoms with Crippen molar-refractivity contribution in [1.82, 2.24) is 14.5 Å². The molecule has 0 spiro atoms. The van der Waals surface area contributed by atoms with E-state index in [1.165, 1.54) is 24.1 Å². The van der Waals surface area contributed by atoms with Crippen molar-refractivity contribution in [1.29, 1.82) is 0 Å². The number of carbonyl (C=O) groups is 2. The molecule has 186 valence electrons. The molecule has 1 atom stereocenters. The number of aryl methyl sites for hydroxylation is 1. The van der Waals surface area contributed by atoms with Crippen LogP contribution in [0.2, 0.25) is 0 Å². The fourth-order valence-corrected chi connectivity index (χ4v) is 4.78. The fourth-order valence-electron chi connectivity index (χ4n) is 3.66. The zero-order valence-electron chi connectivity index (χ0n) is 20.7. The molecule has 0 heterocycles. The molecule has 2 rings (SSSR count). The van der Waals surface area contributed by atoms with E-state index in [1.54, 1.807) is 12.1 Å². The molecule has 0 aliphatic carbocycles. The van der Waals surface area contributed by atoms with E-state index in [0.29, 0.717) is 25.9 Å². The lowest BCUT2D eigenvalue weighted by Gasteiger charge is -2.32. The second-order valence-electron chi connectivity index (χ2n) is 8.47. The minimum absolute atomic E-state index is 0.133. The molecular weight excluding hydrogens is 450 g/mol. The maximum absolute atomic E-state index is 13.4. The number of rotatable bonds is 13. The number of benzene rings is 2. The van der Waals surface area contributed by atoms with Gasteiger partial charge in [0.05, 0.1) is 11.4 Å². The molecule has 8 heteroatoms. The molecule has 2 amide bonds. The van der Waals surface area contributed by atoms with Crippen LogP contribution in [0.3, 0.4) is 0 Å². The van der Waals surface area contributed by atoms with E-state index in [0.717, 1.165) is 28.3 Å². The Morgan fingerprint density at radius 3 is 2.24 bits per heavy atom. The van der Waals surface area contributed by atoms with E-state index >= 15 is 0 Å². The predicted octanol–water partition coefficient (Wildman–Crippen LogP) is 3.38. The monoisotopic (exact) mass is 487 g/mol. The summed E-state index contributed by atoms with van der Waals surface area (Å²) in [7, 11) is -2.44. The zero-order chi connectivity index (χ0) is 25.1. The van der Waals surface area contributed by atoms with Gasteiger partial charge in [0.2, 0.25) is 21.8 Å². The van der Waals surface area contributed by atoms with Gasteiger partial charge < -0.3 is 10.2 Å². The maximum atomic E-state index is 13.4. The molecule has 0 radical (unpaired) electrons. The Morgan fingerprint density at radius 2 is 1.65 bits per heavy atom. The molecule has 0 saturated heterocycles. The van der Waals surface area contributed by atoms with Crippen molar-refractivity contribution < 1.29 is 18.0 Å². The van der Waals surface area contributed by atoms with E-state index in [9.17, 15) is 18.0 Å². The first kappa shape index (κ1) is 27.5. The third-order valence-corrected chi connectivity index (χ3v) is 7.60. The molecule has 7 nitrogen and oxygen atoms in total. The average molecular weight is 488 g/mol. The highest BCUT2D eigenvalue weighted by atomic mass is 32.2. The molecule has 0 aliphatic heterocycles. The highest BCUT2D eigenvalue weighted by Crippen LogP contribution is 2.16. The number of unbranched alkanes of at least 4 members (excludes halogenated alkanes) is 1. The summed E-state index contributed by atoms with van der Waals surface area (Å²) >= 11 is 0. The van der Waals surface area contributed by atoms with Gasteiger partial charge in [0.15, 0.2) is 0 Å². The van der Waals surface area contributed by atoms with Gasteiger partial charge in [-0.1, -0.05) is 68.3 Å². The number of hydrogen-bond acceptors (Lipinski definition) is 4. The van der Waals surface area contributed by atoms with E-state index in [2.05, 4.69) is 5.32 Å². The van der Waals surface area contributed by atoms with E-state index in [1.807, 2.05) is 51.1 Å². The minimum Gasteiger partial charge on any atom is -0.354 e. The quantitative estimate of drug-likeness (QED) is 0.439. The number of likely N-dealkylation sites (N-methyl/N-ethyl adjacent to an activating group) is 1. The summed E-state index contributed by atoms with van der Waals surface area (Å²) in [6.45, 7) is 6.31. The number of nitrogens with zero attached hydrogens (tertiary/aromatic N) is 2. The third-order valence-electron chi connectivity index (χ3n) is 5.79. The van der Waals surface area contributed by atoms with Crippen LogP contribution in [0.25, 0.3) is 0 Å². The molecule has 1 N–H and O–H groups in total. The van der Waals surface area contributed by atoms with Crippen molar-refractivity contribution in [3.63, 3.8) is 0 Å². The topological polar surface area (TPSA) is 86.8 Å². The predicted molar refractivity (Wildman–Crippen MR) is 135 cm³/mol. The molecule has 2 aromatic rings. The Labute approximate surface area is 204 Å². The standard InChI is InChI=1S/C26H37N3O4S/c1-5-7-18-27-26(31)24(6-2)29(19-17-22-11-9-8-10-12-22)25(30)20-28(4)34(32,33)23-15-13-21(3)14-16-23/h8-16,24H,5-7,17-20H2,1-4H3,(H,27,31). The fraction of sp³-hybridized carbons (Fsp3) is 0.462. The second-order valence-corrected chi connectivity index (χ2v) is 10.5. The highest BCUT2D eigenvalue weighted by molar-refractivity contribution is 7.89. The lowest BCUT2D eigenvalue weighted by atomic mass is 10.1. The Balaban J connectivity index is 2.22. The largest absolute Gasteiger partial charge is 0.354 e. The highest BCUT2D eigenvalue weighted by Gasteiger charge is 2.31. The molecule has 2 aromatic carbocycles. The molecule has 0 fully saturated rings. The summed E-state index contributed by atoms with van der Waals surface area (Å²) in [6.07, 6.45) is 2.82. The smallest absolute Gasteiger partial charge is 0.243 e. The van der Waals surface area contributed by atoms with Gasteiger partial charge in [-0.25, -0.2) is 8.42 Å². The van der Waals surface area contributed by atoms with Crippen LogP contribution >= 0.6 is 0 Å². The zero-order valence-corrected chi connectivity index (χ0v) is 21.5. The molecular formula is C26H37N3O4S. The van der Waals surface area contributed by atoms with Crippen LogP contribution in [0.4, 0.5) is 0 Å². The van der Waals surface area contributed by atoms with Gasteiger partial charge in [-0.05, 0) is 43.9 Å². The summed E-state index contributed by atoms with van der Waals surface area (Å²) in [5.41, 5.74) is 1.99. The molecule has 0 aliphatic rings. The van der Waals surface area contributed by atoms with E-state index < -0.39 is 22.0 Å². The molecule has 34 heavy (non-hydrogen) atoms. The minimum atomic E-state index is -3.84. The average Bonchev–Trinajstić information content (AvgIpc) is 2.82. The third kappa shape index (κ3) is 7.67. The first-order valence-electron chi connectivity index (χ1n) is 11.8. The Hall–Kier alpha value is -2.71. The Bertz CT molecular complexity index is 1020. The normalized spacial score (nSPS) is 12.4. The lowest BCUT2D eigenvalue weighted by Crippen LogP contribution is -2.52. The van der Waals surface area contributed by atoms with Crippen LogP contribution in [0.5, 0.6) is 0 Å². The van der Waals surface area contributed by atoms with Crippen molar-refractivity contribution in [2.45, 2.75) is 57.4 Å². The van der Waals surface area contributed by atoms with Crippen LogP contribution in [0.1, 0.15) is 44.2 Å². The summed E-state index contributed by atoms with van der Waals surface area (Å²) in [5, 5.41) is 2.92. The maximum Gasteiger partial charge on any atom is 0.243 e. The first-order chi connectivity index (χ1) is 16.2. The van der Waals surface area contributed by atoms with Crippen molar-refractivity contribution in [2.24, 2.45) is 0 Å². The summed E-state index contributed by atoms with van der Waals surface area (Å²) in [6, 6.07) is 15.6. The second kappa shape index (κ2) is 13.2. The van der Waals surface area contributed by atoms with Crippen LogP contribution in [-0.2, 0) is 26.0 Å². The number of amides is 2. The van der Waals surface area contributed by atoms with Crippen molar-refractivity contribution in [2.75, 3.05) is 26.7 Å². The molecule has 0 bridgehead atoms. The van der Waals surface area contributed by atoms with Crippen LogP contribution in [0, 0.1) is 6.92 Å². The SMILES string of the molecule is CCCCNC(=O)C(CC)N(CCc1ccccc1)C(=O)CN(C)S(=O)(=O)c1ccc(C)cc1. The van der Waals surface area contributed by atoms with Gasteiger partial charge in [-0.15, -0.1) is 0 Å². The van der Waals surface area contributed by atoms with Gasteiger partial charge >= 0.3 is 0 Å². The first-order valence-corrected chi connectivity index (χ1v) is 13.3. The van der Waals surface area contributed by atoms with Crippen LogP contribution in [0.15, 0.2) is 59.5 Å². The van der Waals surface area contributed by atoms with Gasteiger partial charge in [-0.2, -0.15) is 4.31 Å². The summed E-state index contributed by atoms with van der Waals surface area (Å²) in [5.74, 6) is -0.604. The number of sulfonamides is 1. The van der Waals surface area contributed by atoms with Crippen molar-refractivity contribution in [3.8, 4) is 0 Å². The van der Waals surface area contributed by atoms with Crippen LogP contribution < -0.4 is 5.32 Å². The van der Waals surface area contributed by atoms with Gasteiger partial charge in [0.25, 0.3) is 0 Å². The van der Waals surface area contributed by atoms with Crippen molar-refractivity contribution in [3.05, 3.63) is 65.7 Å². The Kier molecular flexibility index (Phi) is 10.7. The number of carbonyl (C=O) groups excluding carboxylic acids is 2. The summed E-state index contributed by atoms with van der Waals surface area (Å²) in [4.78, 5) is 27.9. The molecule has 0 aromatic heterocycles. The van der Waals surface area contributed by atoms with Crippen molar-refractivity contribution >= 4 is 21.8 Å². The molecule has 1 unspecified atom stereocenters. The summed E-state index contributed by atoms with van der Waals surface area (Å²) < 4.78 is 27.1. The van der Waals surface area contributed by atoms with E-state index in [-0.39, 0.29) is 17.3 Å². The van der Waals surface area contributed by atoms with Gasteiger partial charge in [0.1, 0.15) is 6.04 Å². The van der Waals surface area contributed by atoms with Gasteiger partial charge in [-0.3, -0.25) is 9.59 Å². The lowest BCUT2D eigenvalue weighted by molar-refractivity contribution is -0.140. The van der Waals surface area contributed by atoms with Crippen LogP contribution in [-0.4, -0.2) is 62.2 Å². The van der Waals surface area contributed by atoms with Gasteiger partial charge in [0, 0.05) is 20.1 Å². The number of nitrogens with one attached hydrogen (secondary N) is 1. The Morgan fingerprint density at radius 1 is 1.00 bits per heavy atom. The number of hydrogen-bond donors (Lipinski definition) is 1. The molecule has 0 saturated carbocycles. The van der Waals surface area contributed by atoms with E-state index in [4.69, 9.17) is 0 Å².